The number of nitrogens with one attached hydrogen (secondary N) is 1. The number of aliphatic hydroxyl groups excluding tert-OH is 1. The molecule has 1 saturated heterocycles. The summed E-state index contributed by atoms with van der Waals surface area (Å²) in [6.45, 7) is 1.69. The van der Waals surface area contributed by atoms with E-state index in [1.54, 1.807) is 0 Å². The highest BCUT2D eigenvalue weighted by Crippen LogP contribution is 2.25. The topological polar surface area (TPSA) is 65.0 Å². The zero-order valence-corrected chi connectivity index (χ0v) is 12.2. The van der Waals surface area contributed by atoms with Crippen LogP contribution >= 0.6 is 0 Å². The number of aromatic nitrogens is 3. The van der Waals surface area contributed by atoms with Crippen LogP contribution < -0.4 is 4.90 Å². The van der Waals surface area contributed by atoms with E-state index in [0.717, 1.165) is 54.2 Å². The standard InChI is InChI=1S/C17H18N4O/c22-13-6-9-21(10-7-13)16-11-12(5-8-18-16)17-19-14-3-1-2-4-15(14)20-17/h1-5,8,11,13,22H,6-7,9-10H2,(H,19,20). The molecule has 112 valence electrons. The van der Waals surface area contributed by atoms with Crippen LogP contribution in [0.5, 0.6) is 0 Å². The molecule has 0 spiro atoms. The summed E-state index contributed by atoms with van der Waals surface area (Å²) >= 11 is 0. The lowest BCUT2D eigenvalue weighted by Crippen LogP contribution is -2.36. The van der Waals surface area contributed by atoms with Crippen molar-refractivity contribution in [3.8, 4) is 11.4 Å². The minimum atomic E-state index is -0.171. The first-order valence-corrected chi connectivity index (χ1v) is 7.64. The van der Waals surface area contributed by atoms with Crippen molar-refractivity contribution in [3.05, 3.63) is 42.6 Å². The first-order valence-electron chi connectivity index (χ1n) is 7.64. The van der Waals surface area contributed by atoms with Crippen LogP contribution in [0.3, 0.4) is 0 Å². The van der Waals surface area contributed by atoms with Crippen LogP contribution in [0.15, 0.2) is 42.6 Å². The molecular weight excluding hydrogens is 276 g/mol. The van der Waals surface area contributed by atoms with Crippen molar-refractivity contribution in [2.75, 3.05) is 18.0 Å². The summed E-state index contributed by atoms with van der Waals surface area (Å²) in [5, 5.41) is 9.63. The van der Waals surface area contributed by atoms with Crippen molar-refractivity contribution in [1.29, 1.82) is 0 Å². The highest BCUT2D eigenvalue weighted by Gasteiger charge is 2.18. The van der Waals surface area contributed by atoms with Gasteiger partial charge in [0.1, 0.15) is 11.6 Å². The van der Waals surface area contributed by atoms with Gasteiger partial charge in [-0.3, -0.25) is 0 Å². The van der Waals surface area contributed by atoms with E-state index in [9.17, 15) is 5.11 Å². The first kappa shape index (κ1) is 13.3. The number of fused-ring (bicyclic) bond motifs is 1. The molecule has 5 nitrogen and oxygen atoms in total. The molecule has 0 unspecified atom stereocenters. The second-order valence-corrected chi connectivity index (χ2v) is 5.72. The molecule has 0 amide bonds. The van der Waals surface area contributed by atoms with Gasteiger partial charge in [-0.15, -0.1) is 0 Å². The third-order valence-electron chi connectivity index (χ3n) is 4.20. The van der Waals surface area contributed by atoms with Crippen LogP contribution in [0, 0.1) is 0 Å². The Morgan fingerprint density at radius 3 is 2.77 bits per heavy atom. The Kier molecular flexibility index (Phi) is 3.27. The van der Waals surface area contributed by atoms with Gasteiger partial charge in [-0.25, -0.2) is 9.97 Å². The van der Waals surface area contributed by atoms with Gasteiger partial charge in [0.15, 0.2) is 0 Å². The number of benzene rings is 1. The number of rotatable bonds is 2. The quantitative estimate of drug-likeness (QED) is 0.762. The lowest BCUT2D eigenvalue weighted by Gasteiger charge is -2.30. The number of piperidine rings is 1. The normalized spacial score (nSPS) is 16.3. The van der Waals surface area contributed by atoms with Crippen LogP contribution in [0.2, 0.25) is 0 Å². The Labute approximate surface area is 128 Å². The van der Waals surface area contributed by atoms with Gasteiger partial charge in [0.2, 0.25) is 0 Å². The number of para-hydroxylation sites is 2. The smallest absolute Gasteiger partial charge is 0.138 e. The van der Waals surface area contributed by atoms with Gasteiger partial charge in [0.05, 0.1) is 17.1 Å². The van der Waals surface area contributed by atoms with Crippen LogP contribution in [0.25, 0.3) is 22.4 Å². The van der Waals surface area contributed by atoms with E-state index in [1.807, 2.05) is 36.5 Å². The van der Waals surface area contributed by atoms with E-state index in [1.165, 1.54) is 0 Å². The Bertz CT molecular complexity index is 757. The molecule has 1 aromatic carbocycles. The summed E-state index contributed by atoms with van der Waals surface area (Å²) in [5.41, 5.74) is 3.04. The molecule has 2 N–H and O–H groups in total. The minimum absolute atomic E-state index is 0.171. The number of hydrogen-bond acceptors (Lipinski definition) is 4. The van der Waals surface area contributed by atoms with Crippen molar-refractivity contribution in [1.82, 2.24) is 15.0 Å². The van der Waals surface area contributed by atoms with Crippen molar-refractivity contribution >= 4 is 16.9 Å². The third-order valence-corrected chi connectivity index (χ3v) is 4.20. The van der Waals surface area contributed by atoms with E-state index in [4.69, 9.17) is 0 Å². The van der Waals surface area contributed by atoms with Crippen molar-refractivity contribution < 1.29 is 5.11 Å². The van der Waals surface area contributed by atoms with Crippen molar-refractivity contribution in [2.24, 2.45) is 0 Å². The minimum Gasteiger partial charge on any atom is -0.393 e. The molecule has 0 atom stereocenters. The molecule has 1 aliphatic heterocycles. The number of hydrogen-bond donors (Lipinski definition) is 2. The predicted octanol–water partition coefficient (Wildman–Crippen LogP) is 2.59. The van der Waals surface area contributed by atoms with Gasteiger partial charge in [0, 0.05) is 24.8 Å². The fraction of sp³-hybridized carbons (Fsp3) is 0.294. The van der Waals surface area contributed by atoms with Crippen LogP contribution in [0.4, 0.5) is 5.82 Å². The van der Waals surface area contributed by atoms with E-state index in [-0.39, 0.29) is 6.10 Å². The Morgan fingerprint density at radius 1 is 1.14 bits per heavy atom. The number of aromatic amines is 1. The molecule has 0 radical (unpaired) electrons. The number of pyridine rings is 1. The summed E-state index contributed by atoms with van der Waals surface area (Å²) in [5.74, 6) is 1.81. The molecule has 3 aromatic rings. The average Bonchev–Trinajstić information content (AvgIpc) is 3.00. The Hall–Kier alpha value is -2.40. The fourth-order valence-electron chi connectivity index (χ4n) is 2.92. The van der Waals surface area contributed by atoms with E-state index < -0.39 is 0 Å². The maximum atomic E-state index is 9.63. The monoisotopic (exact) mass is 294 g/mol. The van der Waals surface area contributed by atoms with Crippen LogP contribution in [-0.2, 0) is 0 Å². The summed E-state index contributed by atoms with van der Waals surface area (Å²) in [7, 11) is 0. The second-order valence-electron chi connectivity index (χ2n) is 5.72. The molecule has 0 aliphatic carbocycles. The number of anilines is 1. The zero-order valence-electron chi connectivity index (χ0n) is 12.2. The molecule has 22 heavy (non-hydrogen) atoms. The highest BCUT2D eigenvalue weighted by atomic mass is 16.3. The number of imidazole rings is 1. The molecule has 5 heteroatoms. The molecule has 4 rings (SSSR count). The number of aliphatic hydroxyl groups is 1. The maximum absolute atomic E-state index is 9.63. The van der Waals surface area contributed by atoms with E-state index in [2.05, 4.69) is 25.9 Å². The van der Waals surface area contributed by atoms with Gasteiger partial charge >= 0.3 is 0 Å². The largest absolute Gasteiger partial charge is 0.393 e. The second kappa shape index (κ2) is 5.42. The first-order chi connectivity index (χ1) is 10.8. The van der Waals surface area contributed by atoms with Gasteiger partial charge in [-0.2, -0.15) is 0 Å². The summed E-state index contributed by atoms with van der Waals surface area (Å²) in [4.78, 5) is 14.7. The lowest BCUT2D eigenvalue weighted by atomic mass is 10.1. The maximum Gasteiger partial charge on any atom is 0.138 e. The Morgan fingerprint density at radius 2 is 1.95 bits per heavy atom. The summed E-state index contributed by atoms with van der Waals surface area (Å²) < 4.78 is 0. The predicted molar refractivity (Wildman–Crippen MR) is 86.8 cm³/mol. The number of H-pyrrole nitrogens is 1. The Balaban J connectivity index is 1.66. The highest BCUT2D eigenvalue weighted by molar-refractivity contribution is 5.79. The lowest BCUT2D eigenvalue weighted by molar-refractivity contribution is 0.145. The van der Waals surface area contributed by atoms with Crippen LogP contribution in [-0.4, -0.2) is 39.3 Å². The average molecular weight is 294 g/mol. The summed E-state index contributed by atoms with van der Waals surface area (Å²) in [6.07, 6.45) is 3.26. The molecule has 1 aliphatic rings. The molecule has 0 saturated carbocycles. The third kappa shape index (κ3) is 2.44. The van der Waals surface area contributed by atoms with E-state index in [0.29, 0.717) is 0 Å². The molecular formula is C17H18N4O. The van der Waals surface area contributed by atoms with Crippen molar-refractivity contribution in [3.63, 3.8) is 0 Å². The molecule has 2 aromatic heterocycles. The molecule has 0 bridgehead atoms. The molecule has 1 fully saturated rings. The zero-order chi connectivity index (χ0) is 14.9. The van der Waals surface area contributed by atoms with E-state index >= 15 is 0 Å². The summed E-state index contributed by atoms with van der Waals surface area (Å²) in [6, 6.07) is 12.1. The van der Waals surface area contributed by atoms with Crippen molar-refractivity contribution in [2.45, 2.75) is 18.9 Å². The van der Waals surface area contributed by atoms with Gasteiger partial charge in [-0.1, -0.05) is 12.1 Å². The SMILES string of the molecule is OC1CCN(c2cc(-c3nc4ccccc4[nH]3)ccn2)CC1. The number of nitrogens with zero attached hydrogens (tertiary/aromatic N) is 3. The van der Waals surface area contributed by atoms with Gasteiger partial charge in [0.25, 0.3) is 0 Å². The molecule has 3 heterocycles. The fourth-order valence-corrected chi connectivity index (χ4v) is 2.92. The van der Waals surface area contributed by atoms with Crippen LogP contribution in [0.1, 0.15) is 12.8 Å². The van der Waals surface area contributed by atoms with Gasteiger partial charge in [-0.05, 0) is 37.1 Å². The van der Waals surface area contributed by atoms with Gasteiger partial charge < -0.3 is 15.0 Å².